The molecule has 0 aliphatic carbocycles. The average molecular weight is 425 g/mol. The lowest BCUT2D eigenvalue weighted by atomic mass is 10.1. The van der Waals surface area contributed by atoms with Crippen LogP contribution in [-0.4, -0.2) is 16.6 Å². The Morgan fingerprint density at radius 1 is 1.26 bits per heavy atom. The number of H-pyrrole nitrogens is 1. The molecule has 0 saturated carbocycles. The van der Waals surface area contributed by atoms with Crippen LogP contribution in [0.3, 0.4) is 0 Å². The Morgan fingerprint density at radius 3 is 2.35 bits per heavy atom. The van der Waals surface area contributed by atoms with Gasteiger partial charge in [-0.25, -0.2) is 0 Å². The highest BCUT2D eigenvalue weighted by Crippen LogP contribution is 2.40. The van der Waals surface area contributed by atoms with Gasteiger partial charge in [-0.2, -0.15) is 10.4 Å². The highest BCUT2D eigenvalue weighted by Gasteiger charge is 2.32. The summed E-state index contributed by atoms with van der Waals surface area (Å²) in [5.41, 5.74) is 0.566. The van der Waals surface area contributed by atoms with Gasteiger partial charge in [-0.05, 0) is 22.9 Å². The first-order chi connectivity index (χ1) is 10.8. The predicted octanol–water partition coefficient (Wildman–Crippen LogP) is 4.86. The van der Waals surface area contributed by atoms with E-state index in [1.165, 1.54) is 0 Å². The molecule has 1 heterocycles. The molecule has 1 aromatic heterocycles. The number of nitriles is 1. The maximum Gasteiger partial charge on any atom is 0.573 e. The maximum atomic E-state index is 12.3. The van der Waals surface area contributed by atoms with Crippen molar-refractivity contribution in [1.29, 1.82) is 5.26 Å². The molecule has 2 aromatic rings. The second kappa shape index (κ2) is 6.71. The van der Waals surface area contributed by atoms with E-state index in [2.05, 4.69) is 41.6 Å². The van der Waals surface area contributed by atoms with Crippen LogP contribution in [0, 0.1) is 22.1 Å². The Labute approximate surface area is 146 Å². The topological polar surface area (TPSA) is 61.7 Å². The molecule has 0 aliphatic rings. The van der Waals surface area contributed by atoms with Crippen molar-refractivity contribution in [3.8, 4) is 33.8 Å². The van der Waals surface area contributed by atoms with Crippen LogP contribution in [0.5, 0.6) is 5.75 Å². The van der Waals surface area contributed by atoms with Crippen molar-refractivity contribution in [3.63, 3.8) is 0 Å². The molecule has 118 valence electrons. The van der Waals surface area contributed by atoms with E-state index in [1.54, 1.807) is 0 Å². The molecule has 0 radical (unpaired) electrons. The molecule has 0 atom stereocenters. The number of hydrogen-bond acceptors (Lipinski definition) is 3. The molecule has 23 heavy (non-hydrogen) atoms. The molecule has 2 rings (SSSR count). The Kier molecular flexibility index (Phi) is 5.10. The van der Waals surface area contributed by atoms with Crippen molar-refractivity contribution < 1.29 is 17.9 Å². The Morgan fingerprint density at radius 2 is 1.87 bits per heavy atom. The smallest absolute Gasteiger partial charge is 0.406 e. The second-order valence-corrected chi connectivity index (χ2v) is 5.17. The Balaban J connectivity index is 2.60. The largest absolute Gasteiger partial charge is 0.573 e. The number of alkyl halides is 3. The highest BCUT2D eigenvalue weighted by atomic mass is 79.9. The van der Waals surface area contributed by atoms with Crippen LogP contribution in [0.2, 0.25) is 10.0 Å². The minimum absolute atomic E-state index is 0.00491. The van der Waals surface area contributed by atoms with E-state index in [0.717, 1.165) is 12.1 Å². The summed E-state index contributed by atoms with van der Waals surface area (Å²) in [6.45, 7) is 0. The lowest BCUT2D eigenvalue weighted by molar-refractivity contribution is -0.274. The number of aromatic nitrogens is 2. The lowest BCUT2D eigenvalue weighted by Gasteiger charge is -2.12. The predicted molar refractivity (Wildman–Crippen MR) is 81.2 cm³/mol. The fourth-order valence-electron chi connectivity index (χ4n) is 1.75. The van der Waals surface area contributed by atoms with Gasteiger partial charge in [-0.1, -0.05) is 23.2 Å². The van der Waals surface area contributed by atoms with Gasteiger partial charge >= 0.3 is 6.36 Å². The standard InChI is InChI=1S/C13H3BrCl2F3N3O/c14-2-1-7-10(5-20)21-22-12(7)11-8(15)3-6(4-9(11)16)23-13(17,18)19/h3-4H,(H,21,22). The van der Waals surface area contributed by atoms with Gasteiger partial charge in [0, 0.05) is 21.5 Å². The molecule has 0 unspecified atom stereocenters. The van der Waals surface area contributed by atoms with Crippen molar-refractivity contribution in [3.05, 3.63) is 33.4 Å². The van der Waals surface area contributed by atoms with E-state index in [1.807, 2.05) is 6.07 Å². The summed E-state index contributed by atoms with van der Waals surface area (Å²) in [4.78, 5) is 2.43. The van der Waals surface area contributed by atoms with Crippen LogP contribution in [0.4, 0.5) is 13.2 Å². The number of aromatic amines is 1. The molecule has 0 amide bonds. The normalized spacial score (nSPS) is 10.7. The van der Waals surface area contributed by atoms with Gasteiger partial charge in [-0.15, -0.1) is 13.2 Å². The van der Waals surface area contributed by atoms with E-state index < -0.39 is 12.1 Å². The number of halogens is 6. The van der Waals surface area contributed by atoms with E-state index in [-0.39, 0.29) is 32.6 Å². The van der Waals surface area contributed by atoms with Gasteiger partial charge in [0.2, 0.25) is 0 Å². The third-order valence-electron chi connectivity index (χ3n) is 2.54. The number of hydrogen-bond donors (Lipinski definition) is 1. The summed E-state index contributed by atoms with van der Waals surface area (Å²) in [5, 5.41) is 15.0. The maximum absolute atomic E-state index is 12.3. The first-order valence-corrected chi connectivity index (χ1v) is 7.17. The molecule has 0 spiro atoms. The summed E-state index contributed by atoms with van der Waals surface area (Å²) < 4.78 is 40.5. The molecular weight excluding hydrogens is 422 g/mol. The van der Waals surface area contributed by atoms with Crippen LogP contribution in [-0.2, 0) is 0 Å². The van der Waals surface area contributed by atoms with Crippen LogP contribution < -0.4 is 4.74 Å². The minimum atomic E-state index is -4.87. The number of nitrogens with one attached hydrogen (secondary N) is 1. The summed E-state index contributed by atoms with van der Waals surface area (Å²) in [5.74, 6) is 2.04. The van der Waals surface area contributed by atoms with E-state index in [4.69, 9.17) is 28.5 Å². The van der Waals surface area contributed by atoms with Crippen LogP contribution in [0.1, 0.15) is 11.3 Å². The summed E-state index contributed by atoms with van der Waals surface area (Å²) in [6.07, 6.45) is -4.87. The SMILES string of the molecule is N#Cc1n[nH]c(-c2c(Cl)cc(OC(F)(F)F)cc2Cl)c1C#CBr. The molecular formula is C13H3BrCl2F3N3O. The van der Waals surface area contributed by atoms with Crippen molar-refractivity contribution in [1.82, 2.24) is 10.2 Å². The van der Waals surface area contributed by atoms with E-state index in [0.29, 0.717) is 0 Å². The molecule has 1 N–H and O–H groups in total. The van der Waals surface area contributed by atoms with Gasteiger partial charge in [0.25, 0.3) is 0 Å². The van der Waals surface area contributed by atoms with Gasteiger partial charge in [0.05, 0.1) is 21.3 Å². The van der Waals surface area contributed by atoms with Gasteiger partial charge in [0.1, 0.15) is 11.8 Å². The molecule has 0 bridgehead atoms. The second-order valence-electron chi connectivity index (χ2n) is 3.96. The summed E-state index contributed by atoms with van der Waals surface area (Å²) >= 11 is 14.9. The number of ether oxygens (including phenoxy) is 1. The van der Waals surface area contributed by atoms with Crippen molar-refractivity contribution >= 4 is 39.1 Å². The van der Waals surface area contributed by atoms with Crippen molar-refractivity contribution in [2.24, 2.45) is 0 Å². The first kappa shape index (κ1) is 17.5. The van der Waals surface area contributed by atoms with E-state index in [9.17, 15) is 13.2 Å². The first-order valence-electron chi connectivity index (χ1n) is 5.62. The molecule has 10 heteroatoms. The van der Waals surface area contributed by atoms with Crippen LogP contribution in [0.25, 0.3) is 11.3 Å². The molecule has 0 aliphatic heterocycles. The van der Waals surface area contributed by atoms with Crippen molar-refractivity contribution in [2.45, 2.75) is 6.36 Å². The van der Waals surface area contributed by atoms with Gasteiger partial charge in [0.15, 0.2) is 5.69 Å². The zero-order valence-corrected chi connectivity index (χ0v) is 13.8. The Bertz CT molecular complexity index is 839. The highest BCUT2D eigenvalue weighted by molar-refractivity contribution is 9.12. The van der Waals surface area contributed by atoms with Crippen LogP contribution in [0.15, 0.2) is 12.1 Å². The number of rotatable bonds is 2. The molecule has 0 saturated heterocycles. The molecule has 4 nitrogen and oxygen atoms in total. The number of benzene rings is 1. The van der Waals surface area contributed by atoms with Crippen LogP contribution >= 0.6 is 39.1 Å². The average Bonchev–Trinajstić information content (AvgIpc) is 2.79. The zero-order valence-electron chi connectivity index (χ0n) is 10.7. The summed E-state index contributed by atoms with van der Waals surface area (Å²) in [6, 6.07) is 3.73. The molecule has 1 aromatic carbocycles. The summed E-state index contributed by atoms with van der Waals surface area (Å²) in [7, 11) is 0. The molecule has 0 fully saturated rings. The fraction of sp³-hybridized carbons (Fsp3) is 0.0769. The van der Waals surface area contributed by atoms with Crippen molar-refractivity contribution in [2.75, 3.05) is 0 Å². The zero-order chi connectivity index (χ0) is 17.2. The number of nitrogens with zero attached hydrogens (tertiary/aromatic N) is 2. The van der Waals surface area contributed by atoms with Gasteiger partial charge < -0.3 is 4.74 Å². The van der Waals surface area contributed by atoms with Gasteiger partial charge in [-0.3, -0.25) is 5.10 Å². The fourth-order valence-corrected chi connectivity index (χ4v) is 2.61. The third kappa shape index (κ3) is 3.91. The Hall–Kier alpha value is -1.87. The monoisotopic (exact) mass is 423 g/mol. The third-order valence-corrected chi connectivity index (χ3v) is 3.34. The quantitative estimate of drug-likeness (QED) is 0.700. The van der Waals surface area contributed by atoms with E-state index >= 15 is 0 Å². The minimum Gasteiger partial charge on any atom is -0.406 e. The lowest BCUT2D eigenvalue weighted by Crippen LogP contribution is -2.17.